The molecule has 10 aromatic carbocycles. The third-order valence-electron chi connectivity index (χ3n) is 13.0. The molecule has 0 heterocycles. The molecule has 1 aliphatic rings. The zero-order valence-electron chi connectivity index (χ0n) is 35.2. The fourth-order valence-corrected chi connectivity index (χ4v) is 9.86. The van der Waals surface area contributed by atoms with E-state index in [0.717, 1.165) is 22.6 Å². The van der Waals surface area contributed by atoms with Gasteiger partial charge in [0.1, 0.15) is 0 Å². The van der Waals surface area contributed by atoms with Gasteiger partial charge in [-0.1, -0.05) is 224 Å². The zero-order chi connectivity index (χ0) is 42.2. The Balaban J connectivity index is 1.08. The third kappa shape index (κ3) is 6.76. The third-order valence-corrected chi connectivity index (χ3v) is 13.0. The summed E-state index contributed by atoms with van der Waals surface area (Å²) >= 11 is 0. The highest BCUT2D eigenvalue weighted by molar-refractivity contribution is 5.98. The first-order valence-corrected chi connectivity index (χ1v) is 21.8. The topological polar surface area (TPSA) is 3.24 Å². The van der Waals surface area contributed by atoms with Crippen molar-refractivity contribution in [3.63, 3.8) is 0 Å². The van der Waals surface area contributed by atoms with E-state index in [-0.39, 0.29) is 5.41 Å². The molecule has 0 radical (unpaired) electrons. The first-order valence-electron chi connectivity index (χ1n) is 21.8. The molecule has 0 N–H and O–H groups in total. The molecule has 63 heavy (non-hydrogen) atoms. The lowest BCUT2D eigenvalue weighted by Gasteiger charge is -2.31. The van der Waals surface area contributed by atoms with E-state index in [1.54, 1.807) is 0 Å². The van der Waals surface area contributed by atoms with Gasteiger partial charge in [-0.25, -0.2) is 0 Å². The molecule has 0 aliphatic heterocycles. The van der Waals surface area contributed by atoms with Crippen LogP contribution >= 0.6 is 0 Å². The summed E-state index contributed by atoms with van der Waals surface area (Å²) in [6.07, 6.45) is 0. The summed E-state index contributed by atoms with van der Waals surface area (Å²) < 4.78 is 0. The molecular weight excluding hydrogens is 759 g/mol. The van der Waals surface area contributed by atoms with Gasteiger partial charge < -0.3 is 4.90 Å². The molecule has 1 nitrogen and oxygen atoms in total. The highest BCUT2D eigenvalue weighted by atomic mass is 15.1. The van der Waals surface area contributed by atoms with Gasteiger partial charge in [0.05, 0.1) is 5.69 Å². The number of anilines is 3. The van der Waals surface area contributed by atoms with Gasteiger partial charge in [-0.3, -0.25) is 0 Å². The van der Waals surface area contributed by atoms with Crippen LogP contribution in [0.15, 0.2) is 255 Å². The van der Waals surface area contributed by atoms with Gasteiger partial charge in [0.2, 0.25) is 0 Å². The van der Waals surface area contributed by atoms with Crippen molar-refractivity contribution in [3.05, 3.63) is 271 Å². The van der Waals surface area contributed by atoms with Crippen LogP contribution in [0.4, 0.5) is 17.1 Å². The number of benzene rings is 10. The number of rotatable bonds is 9. The highest BCUT2D eigenvalue weighted by Gasteiger charge is 2.41. The van der Waals surface area contributed by atoms with Gasteiger partial charge in [0.25, 0.3) is 0 Å². The van der Waals surface area contributed by atoms with Crippen molar-refractivity contribution in [3.8, 4) is 66.8 Å². The van der Waals surface area contributed by atoms with Gasteiger partial charge in [0, 0.05) is 22.4 Å². The number of nitrogens with zero attached hydrogens (tertiary/aromatic N) is 1. The van der Waals surface area contributed by atoms with Crippen LogP contribution in [0, 0.1) is 0 Å². The molecular formula is C62H45N. The quantitative estimate of drug-likeness (QED) is 0.140. The van der Waals surface area contributed by atoms with Gasteiger partial charge in [-0.2, -0.15) is 0 Å². The number of para-hydroxylation sites is 1. The molecule has 10 aromatic rings. The molecule has 1 heteroatoms. The second-order valence-corrected chi connectivity index (χ2v) is 16.6. The van der Waals surface area contributed by atoms with Crippen molar-refractivity contribution in [1.82, 2.24) is 0 Å². The molecule has 0 aromatic heterocycles. The van der Waals surface area contributed by atoms with Crippen molar-refractivity contribution in [2.45, 2.75) is 12.3 Å². The Morgan fingerprint density at radius 2 is 0.667 bits per heavy atom. The average Bonchev–Trinajstić information content (AvgIpc) is 3.63. The predicted molar refractivity (Wildman–Crippen MR) is 266 cm³/mol. The predicted octanol–water partition coefficient (Wildman–Crippen LogP) is 16.8. The summed E-state index contributed by atoms with van der Waals surface area (Å²) in [5.74, 6) is 0. The second kappa shape index (κ2) is 16.1. The maximum atomic E-state index is 2.46. The van der Waals surface area contributed by atoms with Gasteiger partial charge in [0.15, 0.2) is 0 Å². The Morgan fingerprint density at radius 3 is 1.29 bits per heavy atom. The van der Waals surface area contributed by atoms with E-state index < -0.39 is 0 Å². The van der Waals surface area contributed by atoms with Crippen LogP contribution in [0.2, 0.25) is 0 Å². The molecule has 0 saturated carbocycles. The minimum atomic E-state index is -0.281. The van der Waals surface area contributed by atoms with E-state index in [0.29, 0.717) is 0 Å². The fourth-order valence-electron chi connectivity index (χ4n) is 9.86. The molecule has 11 rings (SSSR count). The van der Waals surface area contributed by atoms with E-state index >= 15 is 0 Å². The molecule has 1 atom stereocenters. The van der Waals surface area contributed by atoms with E-state index in [1.165, 1.54) is 77.9 Å². The van der Waals surface area contributed by atoms with Crippen molar-refractivity contribution in [2.75, 3.05) is 4.90 Å². The molecule has 0 amide bonds. The summed E-state index contributed by atoms with van der Waals surface area (Å²) in [4.78, 5) is 2.46. The van der Waals surface area contributed by atoms with Crippen LogP contribution in [-0.4, -0.2) is 0 Å². The van der Waals surface area contributed by atoms with Crippen LogP contribution in [0.3, 0.4) is 0 Å². The highest BCUT2D eigenvalue weighted by Crippen LogP contribution is 2.54. The fraction of sp³-hybridized carbons (Fsp3) is 0.0323. The molecule has 0 bridgehead atoms. The van der Waals surface area contributed by atoms with E-state index in [9.17, 15) is 0 Å². The molecule has 298 valence electrons. The lowest BCUT2D eigenvalue weighted by molar-refractivity contribution is 0.714. The van der Waals surface area contributed by atoms with Gasteiger partial charge in [-0.05, 0) is 115 Å². The second-order valence-electron chi connectivity index (χ2n) is 16.6. The Labute approximate surface area is 370 Å². The Bertz CT molecular complexity index is 3210. The maximum Gasteiger partial charge on any atom is 0.0540 e. The maximum absolute atomic E-state index is 2.46. The summed E-state index contributed by atoms with van der Waals surface area (Å²) in [5.41, 5.74) is 21.5. The normalized spacial score (nSPS) is 13.9. The van der Waals surface area contributed by atoms with Crippen LogP contribution < -0.4 is 4.90 Å². The molecule has 1 aliphatic carbocycles. The Morgan fingerprint density at radius 1 is 0.270 bits per heavy atom. The molecule has 0 spiro atoms. The average molecular weight is 804 g/mol. The first-order chi connectivity index (χ1) is 31.1. The van der Waals surface area contributed by atoms with Gasteiger partial charge >= 0.3 is 0 Å². The largest absolute Gasteiger partial charge is 0.310 e. The molecule has 0 fully saturated rings. The SMILES string of the molecule is CC1(c2ccccc2)c2ccccc2-c2cc(N(c3ccc(-c4ccc(-c5ccccc5)cc4)cc3)c3ccccc3-c3ccccc3-c3ccccc3-c3ccccc3)ccc21. The lowest BCUT2D eigenvalue weighted by atomic mass is 9.74. The summed E-state index contributed by atoms with van der Waals surface area (Å²) in [6.45, 7) is 2.38. The van der Waals surface area contributed by atoms with Crippen LogP contribution in [0.1, 0.15) is 23.6 Å². The minimum Gasteiger partial charge on any atom is -0.310 e. The van der Waals surface area contributed by atoms with Crippen molar-refractivity contribution in [2.24, 2.45) is 0 Å². The minimum absolute atomic E-state index is 0.281. The smallest absolute Gasteiger partial charge is 0.0540 e. The Kier molecular flexibility index (Phi) is 9.71. The van der Waals surface area contributed by atoms with Crippen LogP contribution in [0.25, 0.3) is 66.8 Å². The number of hydrogen-bond acceptors (Lipinski definition) is 1. The lowest BCUT2D eigenvalue weighted by Crippen LogP contribution is -2.22. The number of fused-ring (bicyclic) bond motifs is 3. The number of hydrogen-bond donors (Lipinski definition) is 0. The first kappa shape index (κ1) is 38.0. The summed E-state index contributed by atoms with van der Waals surface area (Å²) in [5, 5.41) is 0. The van der Waals surface area contributed by atoms with Crippen molar-refractivity contribution in [1.29, 1.82) is 0 Å². The summed E-state index contributed by atoms with van der Waals surface area (Å²) in [7, 11) is 0. The van der Waals surface area contributed by atoms with E-state index in [1.807, 2.05) is 0 Å². The summed E-state index contributed by atoms with van der Waals surface area (Å²) in [6, 6.07) is 92.9. The van der Waals surface area contributed by atoms with Crippen LogP contribution in [0.5, 0.6) is 0 Å². The monoisotopic (exact) mass is 803 g/mol. The molecule has 1 unspecified atom stereocenters. The molecule has 0 saturated heterocycles. The van der Waals surface area contributed by atoms with Crippen molar-refractivity contribution < 1.29 is 0 Å². The standard InChI is InChI=1S/C62H45N/c1-62(49-23-9-4-10-24-49)59-31-17-15-29-56(59)58-43-51(41-42-60(58)62)63(50-39-37-47(38-40-50)46-35-33-45(34-36-46)44-19-5-2-6-20-44)61-32-18-16-30-57(61)55-28-14-13-27-54(55)53-26-12-11-25-52(53)48-21-7-3-8-22-48/h2-43H,1H3. The zero-order valence-corrected chi connectivity index (χ0v) is 35.2. The Hall–Kier alpha value is -8.00. The van der Waals surface area contributed by atoms with Crippen molar-refractivity contribution >= 4 is 17.1 Å². The van der Waals surface area contributed by atoms with E-state index in [4.69, 9.17) is 0 Å². The van der Waals surface area contributed by atoms with Crippen LogP contribution in [-0.2, 0) is 5.41 Å². The van der Waals surface area contributed by atoms with E-state index in [2.05, 4.69) is 267 Å². The van der Waals surface area contributed by atoms with Gasteiger partial charge in [-0.15, -0.1) is 0 Å².